The number of hydrogen-bond donors (Lipinski definition) is 1. The Labute approximate surface area is 115 Å². The number of nitrogens with two attached hydrogens (primary N) is 1. The summed E-state index contributed by atoms with van der Waals surface area (Å²) in [7, 11) is 2.96. The highest BCUT2D eigenvalue weighted by Crippen LogP contribution is 2.39. The fourth-order valence-corrected chi connectivity index (χ4v) is 3.24. The van der Waals surface area contributed by atoms with Crippen molar-refractivity contribution in [2.24, 2.45) is 0 Å². The van der Waals surface area contributed by atoms with Gasteiger partial charge in [-0.1, -0.05) is 0 Å². The van der Waals surface area contributed by atoms with Gasteiger partial charge >= 0.3 is 5.97 Å². The van der Waals surface area contributed by atoms with Crippen LogP contribution in [0.5, 0.6) is 0 Å². The van der Waals surface area contributed by atoms with E-state index in [1.807, 2.05) is 4.90 Å². The number of carbonyl (C=O) groups excluding carboxylic acids is 1. The molecule has 0 amide bonds. The minimum atomic E-state index is -0.507. The van der Waals surface area contributed by atoms with Crippen LogP contribution in [0.2, 0.25) is 0 Å². The highest BCUT2D eigenvalue weighted by atomic mass is 32.1. The first-order valence-electron chi connectivity index (χ1n) is 5.80. The van der Waals surface area contributed by atoms with Crippen molar-refractivity contribution < 1.29 is 14.3 Å². The van der Waals surface area contributed by atoms with Gasteiger partial charge < -0.3 is 20.1 Å². The van der Waals surface area contributed by atoms with Crippen LogP contribution < -0.4 is 10.6 Å². The molecule has 1 aromatic heterocycles. The first-order valence-corrected chi connectivity index (χ1v) is 6.62. The van der Waals surface area contributed by atoms with Crippen molar-refractivity contribution in [2.75, 3.05) is 37.9 Å². The summed E-state index contributed by atoms with van der Waals surface area (Å²) in [5, 5.41) is 9.94. The van der Waals surface area contributed by atoms with Crippen molar-refractivity contribution >= 4 is 28.0 Å². The van der Waals surface area contributed by atoms with E-state index < -0.39 is 5.97 Å². The molecule has 0 saturated carbocycles. The van der Waals surface area contributed by atoms with Gasteiger partial charge in [0.1, 0.15) is 21.5 Å². The summed E-state index contributed by atoms with van der Waals surface area (Å²) >= 11 is 1.20. The van der Waals surface area contributed by atoms with Gasteiger partial charge in [0.25, 0.3) is 0 Å². The molecule has 0 aliphatic carbocycles. The number of ether oxygens (including phenoxy) is 2. The van der Waals surface area contributed by atoms with Gasteiger partial charge in [-0.15, -0.1) is 11.3 Å². The summed E-state index contributed by atoms with van der Waals surface area (Å²) in [6, 6.07) is 2.07. The number of methoxy groups -OCH3 is 2. The molecular weight excluding hydrogens is 266 g/mol. The Hall–Kier alpha value is -1.78. The lowest BCUT2D eigenvalue weighted by Gasteiger charge is -2.16. The maximum atomic E-state index is 11.6. The first-order chi connectivity index (χ1) is 9.12. The van der Waals surface area contributed by atoms with Crippen LogP contribution in [0, 0.1) is 11.3 Å². The number of carbonyl (C=O) groups is 1. The molecule has 1 aliphatic heterocycles. The number of anilines is 2. The second-order valence-electron chi connectivity index (χ2n) is 4.22. The SMILES string of the molecule is COC(=O)c1sc(N2CCC(OC)C2)c(C#N)c1N. The monoisotopic (exact) mass is 281 g/mol. The van der Waals surface area contributed by atoms with E-state index in [9.17, 15) is 10.1 Å². The molecular formula is C12H15N3O3S. The highest BCUT2D eigenvalue weighted by Gasteiger charge is 2.29. The van der Waals surface area contributed by atoms with Crippen LogP contribution in [-0.4, -0.2) is 39.4 Å². The lowest BCUT2D eigenvalue weighted by molar-refractivity contribution is 0.0607. The molecule has 1 fully saturated rings. The number of hydrogen-bond acceptors (Lipinski definition) is 7. The first kappa shape index (κ1) is 13.6. The van der Waals surface area contributed by atoms with E-state index in [0.29, 0.717) is 12.1 Å². The normalized spacial score (nSPS) is 18.4. The van der Waals surface area contributed by atoms with Gasteiger partial charge in [-0.25, -0.2) is 4.79 Å². The standard InChI is InChI=1S/C12H15N3O3S/c1-17-7-3-4-15(6-7)11-8(5-13)9(14)10(19-11)12(16)18-2/h7H,3-4,6,14H2,1-2H3. The van der Waals surface area contributed by atoms with Gasteiger partial charge in [-0.2, -0.15) is 5.26 Å². The average molecular weight is 281 g/mol. The van der Waals surface area contributed by atoms with E-state index in [1.54, 1.807) is 7.11 Å². The predicted molar refractivity (Wildman–Crippen MR) is 72.4 cm³/mol. The molecule has 2 N–H and O–H groups in total. The lowest BCUT2D eigenvalue weighted by Crippen LogP contribution is -2.21. The highest BCUT2D eigenvalue weighted by molar-refractivity contribution is 7.18. The van der Waals surface area contributed by atoms with E-state index in [2.05, 4.69) is 10.8 Å². The summed E-state index contributed by atoms with van der Waals surface area (Å²) < 4.78 is 9.97. The molecule has 1 aromatic rings. The smallest absolute Gasteiger partial charge is 0.350 e. The molecule has 0 aromatic carbocycles. The average Bonchev–Trinajstić information content (AvgIpc) is 3.01. The van der Waals surface area contributed by atoms with Crippen molar-refractivity contribution in [2.45, 2.75) is 12.5 Å². The summed E-state index contributed by atoms with van der Waals surface area (Å²) in [6.45, 7) is 1.49. The molecule has 2 rings (SSSR count). The summed E-state index contributed by atoms with van der Waals surface area (Å²) in [4.78, 5) is 13.9. The Bertz CT molecular complexity index is 535. The van der Waals surface area contributed by atoms with Crippen LogP contribution in [0.25, 0.3) is 0 Å². The van der Waals surface area contributed by atoms with E-state index in [4.69, 9.17) is 10.5 Å². The summed E-state index contributed by atoms with van der Waals surface area (Å²) in [5.41, 5.74) is 6.41. The van der Waals surface area contributed by atoms with Crippen LogP contribution in [-0.2, 0) is 9.47 Å². The molecule has 0 radical (unpaired) electrons. The quantitative estimate of drug-likeness (QED) is 0.838. The minimum absolute atomic E-state index is 0.149. The lowest BCUT2D eigenvalue weighted by atomic mass is 10.2. The van der Waals surface area contributed by atoms with E-state index >= 15 is 0 Å². The summed E-state index contributed by atoms with van der Waals surface area (Å²) in [6.07, 6.45) is 1.05. The predicted octanol–water partition coefficient (Wildman–Crippen LogP) is 1.21. The van der Waals surface area contributed by atoms with Crippen LogP contribution in [0.4, 0.5) is 10.7 Å². The zero-order chi connectivity index (χ0) is 14.0. The van der Waals surface area contributed by atoms with Gasteiger partial charge in [0.2, 0.25) is 0 Å². The molecule has 1 aliphatic rings. The van der Waals surface area contributed by atoms with Gasteiger partial charge in [0.05, 0.1) is 18.9 Å². The number of thiophene rings is 1. The number of nitriles is 1. The van der Waals surface area contributed by atoms with Crippen molar-refractivity contribution in [3.63, 3.8) is 0 Å². The topological polar surface area (TPSA) is 88.6 Å². The third-order valence-corrected chi connectivity index (χ3v) is 4.42. The largest absolute Gasteiger partial charge is 0.465 e. The van der Waals surface area contributed by atoms with E-state index in [1.165, 1.54) is 18.4 Å². The van der Waals surface area contributed by atoms with Gasteiger partial charge in [-0.05, 0) is 6.42 Å². The third kappa shape index (κ3) is 2.37. The molecule has 2 heterocycles. The fourth-order valence-electron chi connectivity index (χ4n) is 2.11. The molecule has 1 saturated heterocycles. The maximum Gasteiger partial charge on any atom is 0.350 e. The molecule has 19 heavy (non-hydrogen) atoms. The second kappa shape index (κ2) is 5.47. The van der Waals surface area contributed by atoms with Crippen molar-refractivity contribution in [1.82, 2.24) is 0 Å². The zero-order valence-corrected chi connectivity index (χ0v) is 11.6. The van der Waals surface area contributed by atoms with E-state index in [-0.39, 0.29) is 16.7 Å². The van der Waals surface area contributed by atoms with Gasteiger partial charge in [0.15, 0.2) is 0 Å². The van der Waals surface area contributed by atoms with E-state index in [0.717, 1.165) is 18.0 Å². The Kier molecular flexibility index (Phi) is 3.93. The molecule has 0 spiro atoms. The number of nitrogen functional groups attached to an aromatic ring is 1. The Morgan fingerprint density at radius 2 is 2.32 bits per heavy atom. The van der Waals surface area contributed by atoms with Gasteiger partial charge in [0, 0.05) is 20.2 Å². The van der Waals surface area contributed by atoms with Crippen molar-refractivity contribution in [3.8, 4) is 6.07 Å². The second-order valence-corrected chi connectivity index (χ2v) is 5.22. The van der Waals surface area contributed by atoms with Crippen molar-refractivity contribution in [3.05, 3.63) is 10.4 Å². The number of nitrogens with zero attached hydrogens (tertiary/aromatic N) is 2. The number of rotatable bonds is 3. The molecule has 1 atom stereocenters. The Morgan fingerprint density at radius 1 is 1.58 bits per heavy atom. The molecule has 6 nitrogen and oxygen atoms in total. The van der Waals surface area contributed by atoms with Crippen LogP contribution in [0.15, 0.2) is 0 Å². The van der Waals surface area contributed by atoms with Crippen LogP contribution >= 0.6 is 11.3 Å². The number of esters is 1. The molecule has 1 unspecified atom stereocenters. The van der Waals surface area contributed by atoms with Crippen molar-refractivity contribution in [1.29, 1.82) is 5.26 Å². The zero-order valence-electron chi connectivity index (χ0n) is 10.8. The maximum absolute atomic E-state index is 11.6. The molecule has 102 valence electrons. The summed E-state index contributed by atoms with van der Waals surface area (Å²) in [5.74, 6) is -0.507. The Balaban J connectivity index is 2.36. The van der Waals surface area contributed by atoms with Crippen LogP contribution in [0.1, 0.15) is 21.7 Å². The fraction of sp³-hybridized carbons (Fsp3) is 0.500. The Morgan fingerprint density at radius 3 is 2.84 bits per heavy atom. The minimum Gasteiger partial charge on any atom is -0.465 e. The molecule has 0 bridgehead atoms. The third-order valence-electron chi connectivity index (χ3n) is 3.17. The van der Waals surface area contributed by atoms with Gasteiger partial charge in [-0.3, -0.25) is 0 Å². The molecule has 7 heteroatoms. The van der Waals surface area contributed by atoms with Crippen LogP contribution in [0.3, 0.4) is 0 Å².